The first-order valence-corrected chi connectivity index (χ1v) is 8.07. The van der Waals surface area contributed by atoms with Gasteiger partial charge >= 0.3 is 5.97 Å². The predicted octanol–water partition coefficient (Wildman–Crippen LogP) is 3.21. The highest BCUT2D eigenvalue weighted by Crippen LogP contribution is 2.23. The molecule has 128 valence electrons. The number of carbonyl (C=O) groups is 2. The SMILES string of the molecule is COC(=O)CC(NC(=O)c1cn(C)c2ccccc12)c1ccccc1. The smallest absolute Gasteiger partial charge is 0.307 e. The summed E-state index contributed by atoms with van der Waals surface area (Å²) in [5, 5.41) is 3.85. The van der Waals surface area contributed by atoms with Gasteiger partial charge in [-0.2, -0.15) is 0 Å². The molecule has 2 aromatic carbocycles. The Hall–Kier alpha value is -3.08. The fourth-order valence-electron chi connectivity index (χ4n) is 2.95. The van der Waals surface area contributed by atoms with Crippen molar-refractivity contribution in [2.45, 2.75) is 12.5 Å². The van der Waals surface area contributed by atoms with Crippen molar-refractivity contribution in [3.63, 3.8) is 0 Å². The molecule has 1 heterocycles. The van der Waals surface area contributed by atoms with Crippen LogP contribution < -0.4 is 5.32 Å². The molecule has 3 aromatic rings. The van der Waals surface area contributed by atoms with E-state index in [4.69, 9.17) is 4.74 Å². The number of amides is 1. The number of ether oxygens (including phenoxy) is 1. The van der Waals surface area contributed by atoms with Gasteiger partial charge in [0.25, 0.3) is 5.91 Å². The number of carbonyl (C=O) groups excluding carboxylic acids is 2. The van der Waals surface area contributed by atoms with Gasteiger partial charge in [0.1, 0.15) is 0 Å². The molecule has 0 saturated heterocycles. The van der Waals surface area contributed by atoms with Gasteiger partial charge in [-0.05, 0) is 11.6 Å². The zero-order valence-electron chi connectivity index (χ0n) is 14.2. The van der Waals surface area contributed by atoms with Gasteiger partial charge in [0.2, 0.25) is 0 Å². The lowest BCUT2D eigenvalue weighted by atomic mass is 10.0. The third kappa shape index (κ3) is 3.55. The number of rotatable bonds is 5. The topological polar surface area (TPSA) is 60.3 Å². The number of fused-ring (bicyclic) bond motifs is 1. The van der Waals surface area contributed by atoms with E-state index in [0.29, 0.717) is 5.56 Å². The number of aryl methyl sites for hydroxylation is 1. The molecule has 5 heteroatoms. The van der Waals surface area contributed by atoms with Crippen LogP contribution in [0.1, 0.15) is 28.4 Å². The highest BCUT2D eigenvalue weighted by atomic mass is 16.5. The maximum atomic E-state index is 12.8. The molecule has 5 nitrogen and oxygen atoms in total. The lowest BCUT2D eigenvalue weighted by molar-refractivity contribution is -0.141. The molecule has 3 rings (SSSR count). The number of esters is 1. The van der Waals surface area contributed by atoms with Gasteiger partial charge in [-0.15, -0.1) is 0 Å². The van der Waals surface area contributed by atoms with Crippen molar-refractivity contribution in [1.82, 2.24) is 9.88 Å². The summed E-state index contributed by atoms with van der Waals surface area (Å²) in [5.41, 5.74) is 2.43. The average molecular weight is 336 g/mol. The number of aromatic nitrogens is 1. The van der Waals surface area contributed by atoms with E-state index < -0.39 is 6.04 Å². The van der Waals surface area contributed by atoms with Gasteiger partial charge in [-0.1, -0.05) is 48.5 Å². The summed E-state index contributed by atoms with van der Waals surface area (Å²) in [6.07, 6.45) is 1.89. The van der Waals surface area contributed by atoms with Crippen molar-refractivity contribution in [3.8, 4) is 0 Å². The number of hydrogen-bond donors (Lipinski definition) is 1. The summed E-state index contributed by atoms with van der Waals surface area (Å²) in [7, 11) is 3.25. The summed E-state index contributed by atoms with van der Waals surface area (Å²) in [6.45, 7) is 0. The Labute approximate surface area is 146 Å². The Kier molecular flexibility index (Phi) is 4.84. The minimum absolute atomic E-state index is 0.0804. The monoisotopic (exact) mass is 336 g/mol. The second kappa shape index (κ2) is 7.21. The molecule has 25 heavy (non-hydrogen) atoms. The predicted molar refractivity (Wildman–Crippen MR) is 96.2 cm³/mol. The lowest BCUT2D eigenvalue weighted by Gasteiger charge is -2.18. The van der Waals surface area contributed by atoms with Crippen LogP contribution in [0.5, 0.6) is 0 Å². The van der Waals surface area contributed by atoms with Crippen molar-refractivity contribution < 1.29 is 14.3 Å². The van der Waals surface area contributed by atoms with E-state index in [9.17, 15) is 9.59 Å². The Bertz CT molecular complexity index is 900. The van der Waals surface area contributed by atoms with Crippen LogP contribution in [0.4, 0.5) is 0 Å². The standard InChI is InChI=1S/C20H20N2O3/c1-22-13-16(15-10-6-7-11-18(15)22)20(24)21-17(12-19(23)25-2)14-8-4-3-5-9-14/h3-11,13,17H,12H2,1-2H3,(H,21,24). The number of hydrogen-bond acceptors (Lipinski definition) is 3. The fraction of sp³-hybridized carbons (Fsp3) is 0.200. The van der Waals surface area contributed by atoms with Crippen LogP contribution >= 0.6 is 0 Å². The first kappa shape index (κ1) is 16.8. The zero-order valence-corrected chi connectivity index (χ0v) is 14.2. The zero-order chi connectivity index (χ0) is 17.8. The first-order valence-electron chi connectivity index (χ1n) is 8.07. The van der Waals surface area contributed by atoms with E-state index in [1.807, 2.05) is 66.2 Å². The summed E-state index contributed by atoms with van der Waals surface area (Å²) >= 11 is 0. The van der Waals surface area contributed by atoms with Crippen molar-refractivity contribution >= 4 is 22.8 Å². The number of methoxy groups -OCH3 is 1. The van der Waals surface area contributed by atoms with E-state index in [0.717, 1.165) is 16.5 Å². The van der Waals surface area contributed by atoms with Crippen molar-refractivity contribution in [3.05, 3.63) is 71.9 Å². The maximum absolute atomic E-state index is 12.8. The van der Waals surface area contributed by atoms with E-state index in [2.05, 4.69) is 5.32 Å². The maximum Gasteiger partial charge on any atom is 0.307 e. The van der Waals surface area contributed by atoms with Crippen LogP contribution in [-0.2, 0) is 16.6 Å². The van der Waals surface area contributed by atoms with Crippen LogP contribution in [0.15, 0.2) is 60.8 Å². The second-order valence-electron chi connectivity index (χ2n) is 5.89. The van der Waals surface area contributed by atoms with E-state index in [1.54, 1.807) is 6.20 Å². The quantitative estimate of drug-likeness (QED) is 0.728. The van der Waals surface area contributed by atoms with Crippen LogP contribution in [0.2, 0.25) is 0 Å². The molecular weight excluding hydrogens is 316 g/mol. The highest BCUT2D eigenvalue weighted by molar-refractivity contribution is 6.07. The average Bonchev–Trinajstić information content (AvgIpc) is 2.99. The molecule has 0 fully saturated rings. The molecule has 0 aliphatic heterocycles. The summed E-state index contributed by atoms with van der Waals surface area (Å²) in [6, 6.07) is 16.7. The largest absolute Gasteiger partial charge is 0.469 e. The van der Waals surface area contributed by atoms with Gasteiger partial charge in [-0.25, -0.2) is 0 Å². The molecule has 0 aliphatic carbocycles. The van der Waals surface area contributed by atoms with Crippen LogP contribution in [0, 0.1) is 0 Å². The van der Waals surface area contributed by atoms with Gasteiger partial charge < -0.3 is 14.6 Å². The van der Waals surface area contributed by atoms with Gasteiger partial charge in [-0.3, -0.25) is 9.59 Å². The number of benzene rings is 2. The molecule has 1 N–H and O–H groups in total. The summed E-state index contributed by atoms with van der Waals surface area (Å²) in [5.74, 6) is -0.582. The Balaban J connectivity index is 1.90. The Morgan fingerprint density at radius 2 is 1.76 bits per heavy atom. The van der Waals surface area contributed by atoms with Crippen LogP contribution in [0.25, 0.3) is 10.9 Å². The van der Waals surface area contributed by atoms with E-state index in [-0.39, 0.29) is 18.3 Å². The van der Waals surface area contributed by atoms with Gasteiger partial charge in [0.15, 0.2) is 0 Å². The van der Waals surface area contributed by atoms with Crippen LogP contribution in [0.3, 0.4) is 0 Å². The molecule has 1 amide bonds. The first-order chi connectivity index (χ1) is 12.1. The highest BCUT2D eigenvalue weighted by Gasteiger charge is 2.21. The molecule has 0 spiro atoms. The van der Waals surface area contributed by atoms with Crippen molar-refractivity contribution in [2.24, 2.45) is 7.05 Å². The number of para-hydroxylation sites is 1. The number of nitrogens with zero attached hydrogens (tertiary/aromatic N) is 1. The van der Waals surface area contributed by atoms with E-state index >= 15 is 0 Å². The Morgan fingerprint density at radius 1 is 1.08 bits per heavy atom. The molecular formula is C20H20N2O3. The normalized spacial score (nSPS) is 11.9. The molecule has 0 radical (unpaired) electrons. The molecule has 0 aliphatic rings. The second-order valence-corrected chi connectivity index (χ2v) is 5.89. The molecule has 1 atom stereocenters. The molecule has 0 saturated carbocycles. The van der Waals surface area contributed by atoms with Crippen molar-refractivity contribution in [2.75, 3.05) is 7.11 Å². The fourth-order valence-corrected chi connectivity index (χ4v) is 2.95. The molecule has 1 unspecified atom stereocenters. The van der Waals surface area contributed by atoms with Crippen molar-refractivity contribution in [1.29, 1.82) is 0 Å². The van der Waals surface area contributed by atoms with Gasteiger partial charge in [0.05, 0.1) is 25.1 Å². The number of nitrogens with one attached hydrogen (secondary N) is 1. The third-order valence-corrected chi connectivity index (χ3v) is 4.25. The molecule has 0 bridgehead atoms. The Morgan fingerprint density at radius 3 is 2.48 bits per heavy atom. The lowest BCUT2D eigenvalue weighted by Crippen LogP contribution is -2.30. The minimum Gasteiger partial charge on any atom is -0.469 e. The van der Waals surface area contributed by atoms with E-state index in [1.165, 1.54) is 7.11 Å². The summed E-state index contributed by atoms with van der Waals surface area (Å²) < 4.78 is 6.69. The van der Waals surface area contributed by atoms with Gasteiger partial charge in [0, 0.05) is 24.1 Å². The minimum atomic E-state index is -0.444. The van der Waals surface area contributed by atoms with Crippen LogP contribution in [-0.4, -0.2) is 23.6 Å². The molecule has 1 aromatic heterocycles. The summed E-state index contributed by atoms with van der Waals surface area (Å²) in [4.78, 5) is 24.6. The third-order valence-electron chi connectivity index (χ3n) is 4.25.